The van der Waals surface area contributed by atoms with Crippen LogP contribution in [-0.4, -0.2) is 14.9 Å². The first-order chi connectivity index (χ1) is 6.50. The summed E-state index contributed by atoms with van der Waals surface area (Å²) in [7, 11) is 0. The van der Waals surface area contributed by atoms with Gasteiger partial charge in [-0.05, 0) is 44.5 Å². The van der Waals surface area contributed by atoms with Crippen molar-refractivity contribution in [3.63, 3.8) is 0 Å². The Bertz CT molecular complexity index is 347. The number of rotatable bonds is 3. The molecule has 0 spiro atoms. The van der Waals surface area contributed by atoms with Crippen LogP contribution in [-0.2, 0) is 11.1 Å². The predicted octanol–water partition coefficient (Wildman–Crippen LogP) is 2.36. The summed E-state index contributed by atoms with van der Waals surface area (Å²) in [6.45, 7) is 5.74. The molecule has 0 bridgehead atoms. The van der Waals surface area contributed by atoms with Crippen LogP contribution in [0.1, 0.15) is 19.4 Å². The summed E-state index contributed by atoms with van der Waals surface area (Å²) in [6, 6.07) is 4.98. The average molecular weight is 214 g/mol. The molecule has 0 saturated heterocycles. The molecule has 0 heterocycles. The summed E-state index contributed by atoms with van der Waals surface area (Å²) in [5, 5.41) is 0. The van der Waals surface area contributed by atoms with Gasteiger partial charge in [-0.25, -0.2) is 4.21 Å². The highest BCUT2D eigenvalue weighted by molar-refractivity contribution is 7.79. The van der Waals surface area contributed by atoms with E-state index in [-0.39, 0.29) is 6.10 Å². The molecule has 0 aliphatic rings. The lowest BCUT2D eigenvalue weighted by Crippen LogP contribution is -2.06. The molecule has 1 atom stereocenters. The molecule has 78 valence electrons. The maximum Gasteiger partial charge on any atom is 0.186 e. The number of aryl methyl sites for hydroxylation is 1. The molecule has 1 N–H and O–H groups in total. The first-order valence-corrected chi connectivity index (χ1v) is 5.49. The van der Waals surface area contributed by atoms with Crippen molar-refractivity contribution in [2.24, 2.45) is 0 Å². The molecule has 0 aromatic heterocycles. The van der Waals surface area contributed by atoms with Crippen LogP contribution in [0.2, 0.25) is 0 Å². The predicted molar refractivity (Wildman–Crippen MR) is 56.0 cm³/mol. The van der Waals surface area contributed by atoms with E-state index >= 15 is 0 Å². The van der Waals surface area contributed by atoms with Crippen LogP contribution < -0.4 is 4.74 Å². The molecule has 3 nitrogen and oxygen atoms in total. The molecular weight excluding hydrogens is 200 g/mol. The Balaban J connectivity index is 2.95. The van der Waals surface area contributed by atoms with E-state index in [9.17, 15) is 4.21 Å². The van der Waals surface area contributed by atoms with Gasteiger partial charge in [0.25, 0.3) is 0 Å². The number of hydrogen-bond acceptors (Lipinski definition) is 2. The van der Waals surface area contributed by atoms with Crippen molar-refractivity contribution in [3.05, 3.63) is 23.8 Å². The lowest BCUT2D eigenvalue weighted by molar-refractivity contribution is 0.240. The summed E-state index contributed by atoms with van der Waals surface area (Å²) in [6.07, 6.45) is 0.110. The highest BCUT2D eigenvalue weighted by Gasteiger charge is 2.05. The van der Waals surface area contributed by atoms with Crippen LogP contribution >= 0.6 is 0 Å². The van der Waals surface area contributed by atoms with Crippen molar-refractivity contribution in [2.75, 3.05) is 0 Å². The van der Waals surface area contributed by atoms with Gasteiger partial charge < -0.3 is 9.29 Å². The molecule has 14 heavy (non-hydrogen) atoms. The molecule has 0 aliphatic heterocycles. The normalized spacial score (nSPS) is 12.9. The Morgan fingerprint density at radius 2 is 2.07 bits per heavy atom. The van der Waals surface area contributed by atoms with Gasteiger partial charge in [0.15, 0.2) is 11.1 Å². The van der Waals surface area contributed by atoms with Crippen molar-refractivity contribution in [3.8, 4) is 5.75 Å². The third-order valence-corrected chi connectivity index (χ3v) is 2.37. The standard InChI is InChI=1S/C10H14O3S/c1-7(2)13-10-5-4-9(14(11)12)6-8(10)3/h4-7H,1-3H3,(H,11,12). The van der Waals surface area contributed by atoms with Gasteiger partial charge in [-0.1, -0.05) is 0 Å². The molecule has 1 aromatic rings. The van der Waals surface area contributed by atoms with Gasteiger partial charge in [0.1, 0.15) is 5.75 Å². The lowest BCUT2D eigenvalue weighted by atomic mass is 10.2. The summed E-state index contributed by atoms with van der Waals surface area (Å²) in [4.78, 5) is 0.401. The SMILES string of the molecule is Cc1cc(S(=O)O)ccc1OC(C)C. The number of ether oxygens (including phenoxy) is 1. The van der Waals surface area contributed by atoms with E-state index in [4.69, 9.17) is 9.29 Å². The minimum Gasteiger partial charge on any atom is -0.491 e. The minimum atomic E-state index is -1.92. The van der Waals surface area contributed by atoms with Gasteiger partial charge in [0, 0.05) is 0 Å². The molecule has 0 amide bonds. The van der Waals surface area contributed by atoms with Crippen LogP contribution in [0.15, 0.2) is 23.1 Å². The fourth-order valence-electron chi connectivity index (χ4n) is 1.12. The smallest absolute Gasteiger partial charge is 0.186 e. The molecule has 0 radical (unpaired) electrons. The summed E-state index contributed by atoms with van der Waals surface area (Å²) >= 11 is -1.92. The molecule has 0 fully saturated rings. The summed E-state index contributed by atoms with van der Waals surface area (Å²) in [5.41, 5.74) is 0.874. The second-order valence-electron chi connectivity index (χ2n) is 3.34. The zero-order chi connectivity index (χ0) is 10.7. The topological polar surface area (TPSA) is 46.5 Å². The monoisotopic (exact) mass is 214 g/mol. The molecule has 1 rings (SSSR count). The van der Waals surface area contributed by atoms with E-state index in [0.717, 1.165) is 11.3 Å². The fourth-order valence-corrected chi connectivity index (χ4v) is 1.58. The van der Waals surface area contributed by atoms with Gasteiger partial charge in [-0.3, -0.25) is 0 Å². The minimum absolute atomic E-state index is 0.110. The second kappa shape index (κ2) is 4.57. The van der Waals surface area contributed by atoms with Crippen LogP contribution in [0, 0.1) is 6.92 Å². The summed E-state index contributed by atoms with van der Waals surface area (Å²) < 4.78 is 25.1. The largest absolute Gasteiger partial charge is 0.491 e. The third kappa shape index (κ3) is 2.82. The Morgan fingerprint density at radius 1 is 1.43 bits per heavy atom. The fraction of sp³-hybridized carbons (Fsp3) is 0.400. The average Bonchev–Trinajstić information content (AvgIpc) is 2.07. The molecule has 4 heteroatoms. The molecule has 1 aromatic carbocycles. The van der Waals surface area contributed by atoms with Crippen LogP contribution in [0.25, 0.3) is 0 Å². The van der Waals surface area contributed by atoms with Crippen molar-refractivity contribution in [1.82, 2.24) is 0 Å². The molecular formula is C10H14O3S. The zero-order valence-corrected chi connectivity index (χ0v) is 9.30. The molecule has 0 aliphatic carbocycles. The van der Waals surface area contributed by atoms with Crippen LogP contribution in [0.5, 0.6) is 5.75 Å². The highest BCUT2D eigenvalue weighted by Crippen LogP contribution is 2.21. The maximum absolute atomic E-state index is 10.8. The Kier molecular flexibility index (Phi) is 3.66. The summed E-state index contributed by atoms with van der Waals surface area (Å²) in [5.74, 6) is 0.759. The third-order valence-electron chi connectivity index (χ3n) is 1.71. The number of benzene rings is 1. The molecule has 1 unspecified atom stereocenters. The van der Waals surface area contributed by atoms with Crippen molar-refractivity contribution in [2.45, 2.75) is 31.8 Å². The van der Waals surface area contributed by atoms with E-state index in [1.165, 1.54) is 0 Å². The Hall–Kier alpha value is -0.870. The van der Waals surface area contributed by atoms with E-state index in [1.807, 2.05) is 20.8 Å². The van der Waals surface area contributed by atoms with Crippen molar-refractivity contribution >= 4 is 11.1 Å². The van der Waals surface area contributed by atoms with E-state index in [2.05, 4.69) is 0 Å². The first-order valence-electron chi connectivity index (χ1n) is 4.39. The van der Waals surface area contributed by atoms with Crippen molar-refractivity contribution < 1.29 is 13.5 Å². The van der Waals surface area contributed by atoms with Crippen molar-refractivity contribution in [1.29, 1.82) is 0 Å². The second-order valence-corrected chi connectivity index (χ2v) is 4.31. The first kappa shape index (κ1) is 11.2. The Labute approximate surface area is 86.4 Å². The maximum atomic E-state index is 10.8. The zero-order valence-electron chi connectivity index (χ0n) is 8.48. The lowest BCUT2D eigenvalue weighted by Gasteiger charge is -2.12. The molecule has 0 saturated carbocycles. The van der Waals surface area contributed by atoms with Crippen LogP contribution in [0.3, 0.4) is 0 Å². The van der Waals surface area contributed by atoms with E-state index in [1.54, 1.807) is 18.2 Å². The van der Waals surface area contributed by atoms with Gasteiger partial charge in [0.05, 0.1) is 11.0 Å². The van der Waals surface area contributed by atoms with E-state index in [0.29, 0.717) is 4.90 Å². The van der Waals surface area contributed by atoms with Gasteiger partial charge >= 0.3 is 0 Å². The van der Waals surface area contributed by atoms with Crippen LogP contribution in [0.4, 0.5) is 0 Å². The Morgan fingerprint density at radius 3 is 2.50 bits per heavy atom. The van der Waals surface area contributed by atoms with Gasteiger partial charge in [0.2, 0.25) is 0 Å². The number of hydrogen-bond donors (Lipinski definition) is 1. The van der Waals surface area contributed by atoms with Gasteiger partial charge in [-0.2, -0.15) is 0 Å². The quantitative estimate of drug-likeness (QED) is 0.786. The van der Waals surface area contributed by atoms with Gasteiger partial charge in [-0.15, -0.1) is 0 Å². The van der Waals surface area contributed by atoms with E-state index < -0.39 is 11.1 Å². The highest BCUT2D eigenvalue weighted by atomic mass is 32.2.